The van der Waals surface area contributed by atoms with Crippen molar-refractivity contribution in [3.05, 3.63) is 51.8 Å². The summed E-state index contributed by atoms with van der Waals surface area (Å²) in [4.78, 5) is 0. The van der Waals surface area contributed by atoms with Crippen molar-refractivity contribution in [2.24, 2.45) is 0 Å². The molecule has 18 heavy (non-hydrogen) atoms. The van der Waals surface area contributed by atoms with Crippen LogP contribution in [0.2, 0.25) is 0 Å². The maximum absolute atomic E-state index is 9.31. The lowest BCUT2D eigenvalue weighted by atomic mass is 10.1. The Morgan fingerprint density at radius 3 is 2.89 bits per heavy atom. The molecule has 0 unspecified atom stereocenters. The van der Waals surface area contributed by atoms with Crippen LogP contribution in [-0.4, -0.2) is 14.9 Å². The maximum Gasteiger partial charge on any atom is 0.0715 e. The summed E-state index contributed by atoms with van der Waals surface area (Å²) >= 11 is 3.47. The van der Waals surface area contributed by atoms with Crippen LogP contribution in [0.1, 0.15) is 30.2 Å². The number of hydrogen-bond acceptors (Lipinski definition) is 2. The first kappa shape index (κ1) is 13.3. The molecule has 0 aliphatic heterocycles. The molecule has 1 aromatic heterocycles. The zero-order chi connectivity index (χ0) is 13.0. The Labute approximate surface area is 116 Å². The fourth-order valence-electron chi connectivity index (χ4n) is 2.05. The lowest BCUT2D eigenvalue weighted by molar-refractivity contribution is 0.280. The Bertz CT molecular complexity index is 522. The van der Waals surface area contributed by atoms with Crippen molar-refractivity contribution in [2.75, 3.05) is 0 Å². The van der Waals surface area contributed by atoms with Crippen LogP contribution in [0.5, 0.6) is 0 Å². The normalized spacial score (nSPS) is 10.8. The van der Waals surface area contributed by atoms with E-state index >= 15 is 0 Å². The van der Waals surface area contributed by atoms with Gasteiger partial charge < -0.3 is 5.11 Å². The molecule has 0 aliphatic carbocycles. The molecule has 1 heterocycles. The molecule has 1 aromatic carbocycles. The van der Waals surface area contributed by atoms with Crippen LogP contribution in [0, 0.1) is 0 Å². The summed E-state index contributed by atoms with van der Waals surface area (Å²) in [6.07, 6.45) is 3.77. The second-order valence-corrected chi connectivity index (χ2v) is 5.23. The van der Waals surface area contributed by atoms with Crippen LogP contribution < -0.4 is 0 Å². The van der Waals surface area contributed by atoms with Crippen molar-refractivity contribution in [1.82, 2.24) is 9.78 Å². The summed E-state index contributed by atoms with van der Waals surface area (Å²) in [5.74, 6) is 0. The number of aliphatic hydroxyl groups excluding tert-OH is 1. The average molecular weight is 309 g/mol. The van der Waals surface area contributed by atoms with Crippen LogP contribution in [0.3, 0.4) is 0 Å². The van der Waals surface area contributed by atoms with E-state index in [9.17, 15) is 5.11 Å². The number of benzene rings is 1. The maximum atomic E-state index is 9.31. The Morgan fingerprint density at radius 1 is 1.39 bits per heavy atom. The molecule has 1 N–H and O–H groups in total. The number of aliphatic hydroxyl groups is 1. The smallest absolute Gasteiger partial charge is 0.0715 e. The van der Waals surface area contributed by atoms with E-state index in [0.29, 0.717) is 0 Å². The highest BCUT2D eigenvalue weighted by Gasteiger charge is 2.09. The van der Waals surface area contributed by atoms with Crippen LogP contribution in [0.15, 0.2) is 34.9 Å². The number of aromatic nitrogens is 2. The van der Waals surface area contributed by atoms with E-state index in [0.717, 1.165) is 35.1 Å². The number of nitrogens with zero attached hydrogens (tertiary/aromatic N) is 2. The minimum Gasteiger partial charge on any atom is -0.392 e. The van der Waals surface area contributed by atoms with Crippen LogP contribution in [-0.2, 0) is 19.6 Å². The van der Waals surface area contributed by atoms with Gasteiger partial charge in [0, 0.05) is 15.7 Å². The summed E-state index contributed by atoms with van der Waals surface area (Å²) < 4.78 is 3.06. The monoisotopic (exact) mass is 308 g/mol. The van der Waals surface area contributed by atoms with Gasteiger partial charge in [-0.3, -0.25) is 4.68 Å². The first-order valence-electron chi connectivity index (χ1n) is 6.13. The van der Waals surface area contributed by atoms with E-state index < -0.39 is 0 Å². The van der Waals surface area contributed by atoms with Crippen LogP contribution in [0.4, 0.5) is 0 Å². The topological polar surface area (TPSA) is 38.1 Å². The third-order valence-electron chi connectivity index (χ3n) is 2.91. The quantitative estimate of drug-likeness (QED) is 0.921. The summed E-state index contributed by atoms with van der Waals surface area (Å²) in [6, 6.07) is 8.21. The highest BCUT2D eigenvalue weighted by molar-refractivity contribution is 9.10. The Balaban J connectivity index is 2.25. The second-order valence-electron chi connectivity index (χ2n) is 4.31. The fourth-order valence-corrected chi connectivity index (χ4v) is 2.50. The van der Waals surface area contributed by atoms with Gasteiger partial charge in [0.2, 0.25) is 0 Å². The van der Waals surface area contributed by atoms with Gasteiger partial charge in [0.25, 0.3) is 0 Å². The zero-order valence-corrected chi connectivity index (χ0v) is 12.0. The van der Waals surface area contributed by atoms with E-state index in [1.807, 2.05) is 16.8 Å². The van der Waals surface area contributed by atoms with Crippen molar-refractivity contribution in [1.29, 1.82) is 0 Å². The van der Waals surface area contributed by atoms with Gasteiger partial charge in [-0.2, -0.15) is 5.10 Å². The highest BCUT2D eigenvalue weighted by atomic mass is 79.9. The molecule has 0 radical (unpaired) electrons. The molecule has 0 aliphatic rings. The van der Waals surface area contributed by atoms with Gasteiger partial charge in [0.15, 0.2) is 0 Å². The standard InChI is InChI=1S/C14H17BrN2O/c1-2-4-14-12(10-18)8-16-17(14)9-11-5-3-6-13(15)7-11/h3,5-8,18H,2,4,9-10H2,1H3. The second kappa shape index (κ2) is 6.16. The first-order valence-corrected chi connectivity index (χ1v) is 6.92. The van der Waals surface area contributed by atoms with Crippen LogP contribution >= 0.6 is 15.9 Å². The van der Waals surface area contributed by atoms with Crippen molar-refractivity contribution in [2.45, 2.75) is 32.9 Å². The molecule has 0 saturated heterocycles. The molecule has 2 aromatic rings. The first-order chi connectivity index (χ1) is 8.74. The van der Waals surface area contributed by atoms with Gasteiger partial charge in [-0.25, -0.2) is 0 Å². The van der Waals surface area contributed by atoms with E-state index in [4.69, 9.17) is 0 Å². The van der Waals surface area contributed by atoms with Gasteiger partial charge in [0.05, 0.1) is 19.3 Å². The lowest BCUT2D eigenvalue weighted by Gasteiger charge is -2.08. The molecule has 96 valence electrons. The number of halogens is 1. The van der Waals surface area contributed by atoms with Gasteiger partial charge in [-0.15, -0.1) is 0 Å². The van der Waals surface area contributed by atoms with Crippen molar-refractivity contribution < 1.29 is 5.11 Å². The average Bonchev–Trinajstić information content (AvgIpc) is 2.72. The van der Waals surface area contributed by atoms with Gasteiger partial charge in [-0.05, 0) is 24.1 Å². The third kappa shape index (κ3) is 3.00. The fraction of sp³-hybridized carbons (Fsp3) is 0.357. The molecule has 0 spiro atoms. The van der Waals surface area contributed by atoms with Crippen molar-refractivity contribution in [3.8, 4) is 0 Å². The van der Waals surface area contributed by atoms with E-state index in [1.165, 1.54) is 5.56 Å². The Morgan fingerprint density at radius 2 is 2.22 bits per heavy atom. The molecule has 2 rings (SSSR count). The number of rotatable bonds is 5. The third-order valence-corrected chi connectivity index (χ3v) is 3.41. The van der Waals surface area contributed by atoms with E-state index in [1.54, 1.807) is 6.20 Å². The minimum atomic E-state index is 0.0633. The SMILES string of the molecule is CCCc1c(CO)cnn1Cc1cccc(Br)c1. The predicted octanol–water partition coefficient (Wildman–Crippen LogP) is 3.14. The zero-order valence-electron chi connectivity index (χ0n) is 10.4. The molecule has 0 fully saturated rings. The molecule has 3 nitrogen and oxygen atoms in total. The highest BCUT2D eigenvalue weighted by Crippen LogP contribution is 2.16. The Hall–Kier alpha value is -1.13. The molecular formula is C14H17BrN2O. The lowest BCUT2D eigenvalue weighted by Crippen LogP contribution is -2.07. The molecule has 0 amide bonds. The summed E-state index contributed by atoms with van der Waals surface area (Å²) in [5, 5.41) is 13.7. The van der Waals surface area contributed by atoms with E-state index in [2.05, 4.69) is 40.1 Å². The molecule has 0 bridgehead atoms. The number of hydrogen-bond donors (Lipinski definition) is 1. The molecular weight excluding hydrogens is 292 g/mol. The molecule has 4 heteroatoms. The summed E-state index contributed by atoms with van der Waals surface area (Å²) in [7, 11) is 0. The van der Waals surface area contributed by atoms with Crippen LogP contribution in [0.25, 0.3) is 0 Å². The summed E-state index contributed by atoms with van der Waals surface area (Å²) in [6.45, 7) is 2.94. The van der Waals surface area contributed by atoms with Crippen molar-refractivity contribution in [3.63, 3.8) is 0 Å². The predicted molar refractivity (Wildman–Crippen MR) is 75.4 cm³/mol. The minimum absolute atomic E-state index is 0.0633. The largest absolute Gasteiger partial charge is 0.392 e. The summed E-state index contributed by atoms with van der Waals surface area (Å²) in [5.41, 5.74) is 3.28. The van der Waals surface area contributed by atoms with Crippen molar-refractivity contribution >= 4 is 15.9 Å². The Kier molecular flexibility index (Phi) is 4.55. The molecule has 0 atom stereocenters. The van der Waals surface area contributed by atoms with Gasteiger partial charge >= 0.3 is 0 Å². The van der Waals surface area contributed by atoms with E-state index in [-0.39, 0.29) is 6.61 Å². The van der Waals surface area contributed by atoms with Gasteiger partial charge in [0.1, 0.15) is 0 Å². The van der Waals surface area contributed by atoms with Gasteiger partial charge in [-0.1, -0.05) is 41.4 Å². The molecule has 0 saturated carbocycles.